The van der Waals surface area contributed by atoms with E-state index >= 15 is 0 Å². The Kier molecular flexibility index (Phi) is 4.31. The minimum Gasteiger partial charge on any atom is -0.366 e. The zero-order valence-electron chi connectivity index (χ0n) is 13.5. The maximum Gasteiger partial charge on any atom is 0.249 e. The third-order valence-corrected chi connectivity index (χ3v) is 5.57. The molecule has 1 heterocycles. The molecule has 0 aliphatic heterocycles. The zero-order valence-corrected chi connectivity index (χ0v) is 15.7. The highest BCUT2D eigenvalue weighted by molar-refractivity contribution is 6.42. The third-order valence-electron chi connectivity index (χ3n) is 4.48. The highest BCUT2D eigenvalue weighted by Crippen LogP contribution is 2.35. The van der Waals surface area contributed by atoms with Crippen molar-refractivity contribution >= 4 is 62.5 Å². The summed E-state index contributed by atoms with van der Waals surface area (Å²) in [4.78, 5) is 11.9. The van der Waals surface area contributed by atoms with Crippen LogP contribution in [0.3, 0.4) is 0 Å². The van der Waals surface area contributed by atoms with Gasteiger partial charge in [0.15, 0.2) is 0 Å². The average Bonchev–Trinajstić information content (AvgIpc) is 2.92. The summed E-state index contributed by atoms with van der Waals surface area (Å²) >= 11 is 18.8. The molecule has 2 N–H and O–H groups in total. The molecule has 3 aromatic carbocycles. The minimum absolute atomic E-state index is 0.467. The molecule has 0 bridgehead atoms. The number of amides is 1. The molecule has 1 amide bonds. The van der Waals surface area contributed by atoms with Crippen LogP contribution in [0.4, 0.5) is 0 Å². The summed E-state index contributed by atoms with van der Waals surface area (Å²) in [6, 6.07) is 16.6. The van der Waals surface area contributed by atoms with E-state index in [4.69, 9.17) is 40.5 Å². The second kappa shape index (κ2) is 6.51. The number of nitrogens with zero attached hydrogens (tertiary/aromatic N) is 1. The van der Waals surface area contributed by atoms with Crippen LogP contribution in [-0.2, 0) is 6.54 Å². The molecule has 0 aliphatic carbocycles. The van der Waals surface area contributed by atoms with Crippen LogP contribution >= 0.6 is 34.8 Å². The van der Waals surface area contributed by atoms with Gasteiger partial charge in [-0.25, -0.2) is 0 Å². The van der Waals surface area contributed by atoms with Gasteiger partial charge in [0.2, 0.25) is 5.91 Å². The van der Waals surface area contributed by atoms with Crippen LogP contribution in [0, 0.1) is 0 Å². The van der Waals surface area contributed by atoms with Crippen LogP contribution in [0.1, 0.15) is 15.9 Å². The Morgan fingerprint density at radius 3 is 2.50 bits per heavy atom. The smallest absolute Gasteiger partial charge is 0.249 e. The van der Waals surface area contributed by atoms with E-state index in [0.29, 0.717) is 27.2 Å². The Morgan fingerprint density at radius 1 is 0.962 bits per heavy atom. The zero-order chi connectivity index (χ0) is 18.4. The van der Waals surface area contributed by atoms with Gasteiger partial charge in [0, 0.05) is 27.9 Å². The molecule has 0 spiro atoms. The predicted molar refractivity (Wildman–Crippen MR) is 109 cm³/mol. The second-order valence-electron chi connectivity index (χ2n) is 6.02. The molecule has 1 aromatic heterocycles. The Morgan fingerprint density at radius 2 is 1.73 bits per heavy atom. The first-order valence-corrected chi connectivity index (χ1v) is 9.04. The summed E-state index contributed by atoms with van der Waals surface area (Å²) < 4.78 is 2.07. The van der Waals surface area contributed by atoms with Gasteiger partial charge in [-0.15, -0.1) is 0 Å². The third kappa shape index (κ3) is 2.73. The summed E-state index contributed by atoms with van der Waals surface area (Å²) in [6.45, 7) is 0.488. The Labute approximate surface area is 164 Å². The van der Waals surface area contributed by atoms with Gasteiger partial charge in [-0.05, 0) is 35.9 Å². The Balaban J connectivity index is 2.07. The maximum atomic E-state index is 11.9. The lowest BCUT2D eigenvalue weighted by Gasteiger charge is -2.10. The number of rotatable bonds is 3. The quantitative estimate of drug-likeness (QED) is 0.455. The number of primary amides is 1. The van der Waals surface area contributed by atoms with E-state index in [2.05, 4.69) is 4.57 Å². The number of fused-ring (bicyclic) bond motifs is 3. The SMILES string of the molecule is NC(=O)c1cccc2c1c1ccc(Cl)cc1n2Cc1cccc(Cl)c1Cl. The van der Waals surface area contributed by atoms with Crippen molar-refractivity contribution in [2.45, 2.75) is 6.54 Å². The topological polar surface area (TPSA) is 48.0 Å². The Bertz CT molecular complexity index is 1180. The first-order valence-electron chi connectivity index (χ1n) is 7.90. The van der Waals surface area contributed by atoms with Crippen LogP contribution in [0.15, 0.2) is 54.6 Å². The number of aromatic nitrogens is 1. The molecule has 0 atom stereocenters. The number of carbonyl (C=O) groups excluding carboxylic acids is 1. The van der Waals surface area contributed by atoms with Gasteiger partial charge in [0.25, 0.3) is 0 Å². The lowest BCUT2D eigenvalue weighted by molar-refractivity contribution is 0.100. The van der Waals surface area contributed by atoms with E-state index in [1.165, 1.54) is 0 Å². The lowest BCUT2D eigenvalue weighted by Crippen LogP contribution is -2.11. The second-order valence-corrected chi connectivity index (χ2v) is 7.25. The number of halogens is 3. The normalized spacial score (nSPS) is 11.3. The van der Waals surface area contributed by atoms with Crippen molar-refractivity contribution in [3.05, 3.63) is 80.8 Å². The van der Waals surface area contributed by atoms with Crippen LogP contribution in [0.2, 0.25) is 15.1 Å². The van der Waals surface area contributed by atoms with Crippen molar-refractivity contribution in [2.75, 3.05) is 0 Å². The maximum absolute atomic E-state index is 11.9. The number of hydrogen-bond donors (Lipinski definition) is 1. The molecular weight excluding hydrogens is 391 g/mol. The van der Waals surface area contributed by atoms with E-state index in [1.807, 2.05) is 36.4 Å². The van der Waals surface area contributed by atoms with Crippen LogP contribution in [0.25, 0.3) is 21.8 Å². The number of nitrogens with two attached hydrogens (primary N) is 1. The van der Waals surface area contributed by atoms with E-state index < -0.39 is 5.91 Å². The molecule has 4 aromatic rings. The van der Waals surface area contributed by atoms with Crippen molar-refractivity contribution in [3.63, 3.8) is 0 Å². The highest BCUT2D eigenvalue weighted by Gasteiger charge is 2.17. The number of carbonyl (C=O) groups is 1. The highest BCUT2D eigenvalue weighted by atomic mass is 35.5. The molecule has 0 unspecified atom stereocenters. The van der Waals surface area contributed by atoms with Gasteiger partial charge in [-0.2, -0.15) is 0 Å². The summed E-state index contributed by atoms with van der Waals surface area (Å²) in [5, 5.41) is 3.35. The van der Waals surface area contributed by atoms with Crippen LogP contribution in [0.5, 0.6) is 0 Å². The molecule has 26 heavy (non-hydrogen) atoms. The summed E-state index contributed by atoms with van der Waals surface area (Å²) in [5.74, 6) is -0.467. The fourth-order valence-corrected chi connectivity index (χ4v) is 3.88. The van der Waals surface area contributed by atoms with Crippen molar-refractivity contribution in [3.8, 4) is 0 Å². The number of benzene rings is 3. The standard InChI is InChI=1S/C20H13Cl3N2O/c21-12-7-8-13-17(9-12)25(10-11-3-1-5-15(22)19(11)23)16-6-2-4-14(18(13)16)20(24)26/h1-9H,10H2,(H2,24,26). The molecule has 6 heteroatoms. The van der Waals surface area contributed by atoms with E-state index in [-0.39, 0.29) is 0 Å². The molecule has 0 radical (unpaired) electrons. The molecule has 0 saturated carbocycles. The minimum atomic E-state index is -0.467. The van der Waals surface area contributed by atoms with Crippen LogP contribution < -0.4 is 5.73 Å². The molecule has 4 rings (SSSR count). The van der Waals surface area contributed by atoms with Gasteiger partial charge in [0.1, 0.15) is 0 Å². The monoisotopic (exact) mass is 402 g/mol. The summed E-state index contributed by atoms with van der Waals surface area (Å²) in [6.07, 6.45) is 0. The van der Waals surface area contributed by atoms with Crippen molar-refractivity contribution in [1.29, 1.82) is 0 Å². The first-order chi connectivity index (χ1) is 12.5. The number of hydrogen-bond acceptors (Lipinski definition) is 1. The fourth-order valence-electron chi connectivity index (χ4n) is 3.33. The van der Waals surface area contributed by atoms with Crippen molar-refractivity contribution < 1.29 is 4.79 Å². The van der Waals surface area contributed by atoms with Crippen molar-refractivity contribution in [1.82, 2.24) is 4.57 Å². The van der Waals surface area contributed by atoms with Crippen LogP contribution in [-0.4, -0.2) is 10.5 Å². The molecule has 0 saturated heterocycles. The molecule has 0 aliphatic rings. The average molecular weight is 404 g/mol. The van der Waals surface area contributed by atoms with Gasteiger partial charge >= 0.3 is 0 Å². The summed E-state index contributed by atoms with van der Waals surface area (Å²) in [7, 11) is 0. The molecule has 0 fully saturated rings. The van der Waals surface area contributed by atoms with E-state index in [0.717, 1.165) is 27.4 Å². The molecule has 130 valence electrons. The summed E-state index contributed by atoms with van der Waals surface area (Å²) in [5.41, 5.74) is 8.73. The van der Waals surface area contributed by atoms with Gasteiger partial charge in [-0.1, -0.05) is 59.1 Å². The van der Waals surface area contributed by atoms with Gasteiger partial charge < -0.3 is 10.3 Å². The van der Waals surface area contributed by atoms with E-state index in [9.17, 15) is 4.79 Å². The van der Waals surface area contributed by atoms with E-state index in [1.54, 1.807) is 18.2 Å². The first kappa shape index (κ1) is 17.2. The molecule has 3 nitrogen and oxygen atoms in total. The fraction of sp³-hybridized carbons (Fsp3) is 0.0500. The van der Waals surface area contributed by atoms with Gasteiger partial charge in [0.05, 0.1) is 21.1 Å². The van der Waals surface area contributed by atoms with Crippen molar-refractivity contribution in [2.24, 2.45) is 5.73 Å². The molecular formula is C20H13Cl3N2O. The Hall–Kier alpha value is -2.20. The largest absolute Gasteiger partial charge is 0.366 e. The van der Waals surface area contributed by atoms with Gasteiger partial charge in [-0.3, -0.25) is 4.79 Å². The predicted octanol–water partition coefficient (Wildman–Crippen LogP) is 5.90. The lowest BCUT2D eigenvalue weighted by atomic mass is 10.1.